The molecule has 0 aliphatic carbocycles. The fraction of sp³-hybridized carbons (Fsp3) is 0.333. The van der Waals surface area contributed by atoms with Crippen LogP contribution in [0, 0.1) is 0 Å². The standard InChI is InChI=1S/C6H8O3S2.Na.H/c1-2-5-3-4-10-6(5)9-11(7)8;;/h3-4H,2H2,1H3,(H,7,8);;/q;+1;-1/p-1. The molecule has 0 bridgehead atoms. The van der Waals surface area contributed by atoms with Crippen LogP contribution in [0.15, 0.2) is 11.4 Å². The molecule has 12 heavy (non-hydrogen) atoms. The molecular formula is C6H8NaO3S2-. The topological polar surface area (TPSA) is 49.4 Å². The Hall–Kier alpha value is 0.610. The molecule has 0 aromatic carbocycles. The minimum absolute atomic E-state index is 0. The van der Waals surface area contributed by atoms with Crippen molar-refractivity contribution in [2.75, 3.05) is 0 Å². The summed E-state index contributed by atoms with van der Waals surface area (Å²) in [4.78, 5) is 0. The molecule has 1 heterocycles. The van der Waals surface area contributed by atoms with E-state index in [0.717, 1.165) is 12.0 Å². The molecule has 0 saturated heterocycles. The van der Waals surface area contributed by atoms with Gasteiger partial charge in [-0.1, -0.05) is 6.92 Å². The second kappa shape index (κ2) is 6.12. The summed E-state index contributed by atoms with van der Waals surface area (Å²) in [5.74, 6) is 0. The number of hydrogen-bond acceptors (Lipinski definition) is 4. The maximum Gasteiger partial charge on any atom is 1.00 e. The number of rotatable bonds is 3. The van der Waals surface area contributed by atoms with Crippen LogP contribution in [-0.2, 0) is 17.8 Å². The van der Waals surface area contributed by atoms with Crippen LogP contribution in [0.2, 0.25) is 0 Å². The van der Waals surface area contributed by atoms with Gasteiger partial charge in [0.2, 0.25) is 0 Å². The Morgan fingerprint density at radius 1 is 1.83 bits per heavy atom. The van der Waals surface area contributed by atoms with E-state index in [0.29, 0.717) is 5.06 Å². The zero-order chi connectivity index (χ0) is 8.27. The first-order chi connectivity index (χ1) is 5.24. The van der Waals surface area contributed by atoms with Crippen LogP contribution in [0.4, 0.5) is 0 Å². The van der Waals surface area contributed by atoms with Crippen molar-refractivity contribution >= 4 is 22.7 Å². The molecule has 3 nitrogen and oxygen atoms in total. The number of aryl methyl sites for hydroxylation is 1. The summed E-state index contributed by atoms with van der Waals surface area (Å²) in [6.45, 7) is 1.95. The third-order valence-electron chi connectivity index (χ3n) is 1.23. The smallest absolute Gasteiger partial charge is 1.00 e. The van der Waals surface area contributed by atoms with Gasteiger partial charge < -0.3 is 10.2 Å². The molecule has 6 heteroatoms. The van der Waals surface area contributed by atoms with Gasteiger partial charge in [0.15, 0.2) is 5.06 Å². The van der Waals surface area contributed by atoms with Crippen LogP contribution < -0.4 is 33.7 Å². The fourth-order valence-electron chi connectivity index (χ4n) is 0.719. The van der Waals surface area contributed by atoms with E-state index in [2.05, 4.69) is 4.18 Å². The molecule has 0 aliphatic heterocycles. The molecule has 0 radical (unpaired) electrons. The predicted octanol–water partition coefficient (Wildman–Crippen LogP) is -1.40. The van der Waals surface area contributed by atoms with Crippen molar-refractivity contribution in [2.24, 2.45) is 0 Å². The summed E-state index contributed by atoms with van der Waals surface area (Å²) >= 11 is -1.16. The predicted molar refractivity (Wildman–Crippen MR) is 44.4 cm³/mol. The van der Waals surface area contributed by atoms with E-state index < -0.39 is 11.4 Å². The Kier molecular flexibility index (Phi) is 6.43. The summed E-state index contributed by atoms with van der Waals surface area (Å²) in [5, 5.41) is 2.28. The Balaban J connectivity index is 0. The Morgan fingerprint density at radius 2 is 2.50 bits per heavy atom. The maximum atomic E-state index is 10.1. The van der Waals surface area contributed by atoms with E-state index in [4.69, 9.17) is 0 Å². The van der Waals surface area contributed by atoms with Gasteiger partial charge in [0.25, 0.3) is 0 Å². The first kappa shape index (κ1) is 12.6. The van der Waals surface area contributed by atoms with Gasteiger partial charge in [-0.15, -0.1) is 11.3 Å². The van der Waals surface area contributed by atoms with Gasteiger partial charge in [0.1, 0.15) is 11.4 Å². The zero-order valence-electron chi connectivity index (χ0n) is 7.90. The SMILES string of the molecule is CCc1ccsc1OS(=O)[O-].[H-].[Na+]. The second-order valence-electron chi connectivity index (χ2n) is 1.87. The molecule has 1 unspecified atom stereocenters. The monoisotopic (exact) mass is 215 g/mol. The molecule has 0 spiro atoms. The molecular weight excluding hydrogens is 207 g/mol. The van der Waals surface area contributed by atoms with Gasteiger partial charge in [-0.05, 0) is 17.9 Å². The fourth-order valence-corrected chi connectivity index (χ4v) is 1.99. The van der Waals surface area contributed by atoms with Crippen LogP contribution in [0.25, 0.3) is 0 Å². The van der Waals surface area contributed by atoms with Crippen LogP contribution in [0.1, 0.15) is 13.9 Å². The quantitative estimate of drug-likeness (QED) is 0.460. The van der Waals surface area contributed by atoms with E-state index in [1.165, 1.54) is 11.3 Å². The van der Waals surface area contributed by atoms with Crippen molar-refractivity contribution in [3.8, 4) is 5.06 Å². The third-order valence-corrected chi connectivity index (χ3v) is 2.47. The first-order valence-corrected chi connectivity index (χ1v) is 4.96. The molecule has 1 rings (SSSR count). The van der Waals surface area contributed by atoms with Crippen molar-refractivity contribution < 1.29 is 43.9 Å². The van der Waals surface area contributed by atoms with E-state index >= 15 is 0 Å². The van der Waals surface area contributed by atoms with Gasteiger partial charge in [0, 0.05) is 5.56 Å². The average Bonchev–Trinajstić information content (AvgIpc) is 2.34. The minimum atomic E-state index is -2.45. The average molecular weight is 215 g/mol. The Morgan fingerprint density at radius 3 is 3.00 bits per heavy atom. The van der Waals surface area contributed by atoms with Gasteiger partial charge in [-0.25, -0.2) is 4.21 Å². The van der Waals surface area contributed by atoms with E-state index in [1.54, 1.807) is 5.38 Å². The minimum Gasteiger partial charge on any atom is -1.00 e. The maximum absolute atomic E-state index is 10.1. The van der Waals surface area contributed by atoms with Crippen molar-refractivity contribution in [1.82, 2.24) is 0 Å². The molecule has 64 valence electrons. The normalized spacial score (nSPS) is 11.8. The second-order valence-corrected chi connectivity index (χ2v) is 3.33. The van der Waals surface area contributed by atoms with Crippen molar-refractivity contribution in [3.05, 3.63) is 17.0 Å². The summed E-state index contributed by atoms with van der Waals surface area (Å²) in [6.07, 6.45) is 0.788. The number of thiophene rings is 1. The molecule has 0 amide bonds. The van der Waals surface area contributed by atoms with Crippen LogP contribution in [-0.4, -0.2) is 8.76 Å². The van der Waals surface area contributed by atoms with Crippen LogP contribution in [0.5, 0.6) is 5.06 Å². The number of hydrogen-bond donors (Lipinski definition) is 0. The van der Waals surface area contributed by atoms with Gasteiger partial charge in [0.05, 0.1) is 0 Å². The van der Waals surface area contributed by atoms with Gasteiger partial charge >= 0.3 is 29.6 Å². The summed E-state index contributed by atoms with van der Waals surface area (Å²) in [6, 6.07) is 1.85. The van der Waals surface area contributed by atoms with Crippen LogP contribution in [0.3, 0.4) is 0 Å². The van der Waals surface area contributed by atoms with Crippen molar-refractivity contribution in [1.29, 1.82) is 0 Å². The van der Waals surface area contributed by atoms with Gasteiger partial charge in [-0.3, -0.25) is 0 Å². The summed E-state index contributed by atoms with van der Waals surface area (Å²) in [7, 11) is 0. The zero-order valence-corrected chi connectivity index (χ0v) is 10.5. The summed E-state index contributed by atoms with van der Waals surface area (Å²) in [5.41, 5.74) is 0.930. The molecule has 1 atom stereocenters. The van der Waals surface area contributed by atoms with Crippen LogP contribution >= 0.6 is 11.3 Å². The molecule has 1 aromatic rings. The van der Waals surface area contributed by atoms with Gasteiger partial charge in [-0.2, -0.15) is 0 Å². The van der Waals surface area contributed by atoms with E-state index in [-0.39, 0.29) is 31.0 Å². The molecule has 0 N–H and O–H groups in total. The molecule has 0 aliphatic rings. The third kappa shape index (κ3) is 3.55. The summed E-state index contributed by atoms with van der Waals surface area (Å²) < 4.78 is 24.7. The van der Waals surface area contributed by atoms with E-state index in [9.17, 15) is 8.76 Å². The molecule has 0 fully saturated rings. The van der Waals surface area contributed by atoms with E-state index in [1.807, 2.05) is 13.0 Å². The Labute approximate surface area is 101 Å². The largest absolute Gasteiger partial charge is 1.00 e. The van der Waals surface area contributed by atoms with Crippen molar-refractivity contribution in [2.45, 2.75) is 13.3 Å². The molecule has 1 aromatic heterocycles. The Bertz CT molecular complexity index is 266. The first-order valence-electron chi connectivity index (χ1n) is 3.08. The molecule has 0 saturated carbocycles. The van der Waals surface area contributed by atoms with Crippen molar-refractivity contribution in [3.63, 3.8) is 0 Å².